The van der Waals surface area contributed by atoms with Gasteiger partial charge < -0.3 is 4.74 Å². The average molecular weight is 223 g/mol. The minimum atomic E-state index is 0.354. The highest BCUT2D eigenvalue weighted by Crippen LogP contribution is 2.29. The van der Waals surface area contributed by atoms with Gasteiger partial charge in [0.2, 0.25) is 0 Å². The van der Waals surface area contributed by atoms with E-state index in [2.05, 4.69) is 42.8 Å². The molecule has 1 aliphatic heterocycles. The SMILES string of the molecule is Cc1n[nH]c(C)c1C1COCCN1C(C)C. The molecule has 2 rings (SSSR count). The van der Waals surface area contributed by atoms with Crippen molar-refractivity contribution in [2.24, 2.45) is 0 Å². The maximum atomic E-state index is 5.61. The van der Waals surface area contributed by atoms with Crippen LogP contribution < -0.4 is 0 Å². The first-order valence-corrected chi connectivity index (χ1v) is 5.96. The second-order valence-electron chi connectivity index (χ2n) is 4.77. The lowest BCUT2D eigenvalue weighted by Crippen LogP contribution is -2.43. The zero-order chi connectivity index (χ0) is 11.7. The van der Waals surface area contributed by atoms with Gasteiger partial charge in [0.05, 0.1) is 24.9 Å². The van der Waals surface area contributed by atoms with E-state index in [1.54, 1.807) is 0 Å². The zero-order valence-corrected chi connectivity index (χ0v) is 10.6. The number of hydrogen-bond acceptors (Lipinski definition) is 3. The lowest BCUT2D eigenvalue weighted by Gasteiger charge is -2.38. The number of aryl methyl sites for hydroxylation is 2. The molecular weight excluding hydrogens is 202 g/mol. The third-order valence-corrected chi connectivity index (χ3v) is 3.35. The summed E-state index contributed by atoms with van der Waals surface area (Å²) in [5.41, 5.74) is 3.57. The van der Waals surface area contributed by atoms with Crippen molar-refractivity contribution in [3.8, 4) is 0 Å². The Morgan fingerprint density at radius 2 is 2.19 bits per heavy atom. The Labute approximate surface area is 97.0 Å². The first-order chi connectivity index (χ1) is 7.61. The second kappa shape index (κ2) is 4.55. The van der Waals surface area contributed by atoms with Gasteiger partial charge in [0.1, 0.15) is 0 Å². The van der Waals surface area contributed by atoms with Crippen molar-refractivity contribution in [2.45, 2.75) is 39.8 Å². The maximum absolute atomic E-state index is 5.61. The molecule has 4 heteroatoms. The van der Waals surface area contributed by atoms with Gasteiger partial charge in [0.15, 0.2) is 0 Å². The van der Waals surface area contributed by atoms with Gasteiger partial charge in [-0.25, -0.2) is 0 Å². The smallest absolute Gasteiger partial charge is 0.0665 e. The van der Waals surface area contributed by atoms with Crippen LogP contribution in [-0.4, -0.2) is 40.9 Å². The van der Waals surface area contributed by atoms with E-state index in [0.29, 0.717) is 12.1 Å². The van der Waals surface area contributed by atoms with Gasteiger partial charge in [-0.2, -0.15) is 5.10 Å². The lowest BCUT2D eigenvalue weighted by atomic mass is 10.0. The molecule has 1 atom stereocenters. The number of ether oxygens (including phenoxy) is 1. The summed E-state index contributed by atoms with van der Waals surface area (Å²) < 4.78 is 5.61. The Morgan fingerprint density at radius 1 is 1.44 bits per heavy atom. The zero-order valence-electron chi connectivity index (χ0n) is 10.6. The van der Waals surface area contributed by atoms with Crippen LogP contribution in [0.4, 0.5) is 0 Å². The monoisotopic (exact) mass is 223 g/mol. The number of hydrogen-bond donors (Lipinski definition) is 1. The van der Waals surface area contributed by atoms with E-state index in [1.807, 2.05) is 0 Å². The lowest BCUT2D eigenvalue weighted by molar-refractivity contribution is -0.0237. The van der Waals surface area contributed by atoms with Crippen LogP contribution in [0.5, 0.6) is 0 Å². The van der Waals surface area contributed by atoms with Crippen LogP contribution in [0.15, 0.2) is 0 Å². The molecule has 0 amide bonds. The van der Waals surface area contributed by atoms with Gasteiger partial charge in [-0.1, -0.05) is 0 Å². The molecule has 0 radical (unpaired) electrons. The Morgan fingerprint density at radius 3 is 2.75 bits per heavy atom. The first kappa shape index (κ1) is 11.6. The number of morpholine rings is 1. The summed E-state index contributed by atoms with van der Waals surface area (Å²) in [5, 5.41) is 7.34. The number of H-pyrrole nitrogens is 1. The molecule has 1 unspecified atom stereocenters. The minimum absolute atomic E-state index is 0.354. The summed E-state index contributed by atoms with van der Waals surface area (Å²) in [6.45, 7) is 11.2. The van der Waals surface area contributed by atoms with Crippen molar-refractivity contribution in [1.29, 1.82) is 0 Å². The number of rotatable bonds is 2. The van der Waals surface area contributed by atoms with Crippen molar-refractivity contribution >= 4 is 0 Å². The van der Waals surface area contributed by atoms with Crippen LogP contribution in [0.1, 0.15) is 36.8 Å². The fourth-order valence-electron chi connectivity index (χ4n) is 2.53. The minimum Gasteiger partial charge on any atom is -0.378 e. The topological polar surface area (TPSA) is 41.1 Å². The van der Waals surface area contributed by atoms with Gasteiger partial charge in [-0.3, -0.25) is 10.00 Å². The van der Waals surface area contributed by atoms with Gasteiger partial charge in [0.25, 0.3) is 0 Å². The number of nitrogens with one attached hydrogen (secondary N) is 1. The molecule has 1 aromatic rings. The third kappa shape index (κ3) is 1.99. The predicted octanol–water partition coefficient (Wildman–Crippen LogP) is 1.81. The highest BCUT2D eigenvalue weighted by Gasteiger charge is 2.29. The molecule has 0 saturated carbocycles. The Balaban J connectivity index is 2.30. The molecule has 1 fully saturated rings. The van der Waals surface area contributed by atoms with Gasteiger partial charge in [-0.05, 0) is 27.7 Å². The molecule has 4 nitrogen and oxygen atoms in total. The Bertz CT molecular complexity index is 340. The molecule has 1 aromatic heterocycles. The van der Waals surface area contributed by atoms with Crippen molar-refractivity contribution in [2.75, 3.05) is 19.8 Å². The Hall–Kier alpha value is -0.870. The highest BCUT2D eigenvalue weighted by atomic mass is 16.5. The first-order valence-electron chi connectivity index (χ1n) is 5.96. The van der Waals surface area contributed by atoms with Crippen LogP contribution in [-0.2, 0) is 4.74 Å². The largest absolute Gasteiger partial charge is 0.378 e. The van der Waals surface area contributed by atoms with E-state index in [4.69, 9.17) is 4.74 Å². The van der Waals surface area contributed by atoms with E-state index in [-0.39, 0.29) is 0 Å². The van der Waals surface area contributed by atoms with Gasteiger partial charge in [-0.15, -0.1) is 0 Å². The molecule has 90 valence electrons. The molecule has 1 N–H and O–H groups in total. The average Bonchev–Trinajstić information content (AvgIpc) is 2.58. The van der Waals surface area contributed by atoms with Gasteiger partial charge in [0, 0.05) is 23.8 Å². The molecule has 1 saturated heterocycles. The van der Waals surface area contributed by atoms with E-state index in [1.165, 1.54) is 11.3 Å². The van der Waals surface area contributed by atoms with Crippen LogP contribution in [0.25, 0.3) is 0 Å². The molecule has 0 aromatic carbocycles. The fraction of sp³-hybridized carbons (Fsp3) is 0.750. The summed E-state index contributed by atoms with van der Waals surface area (Å²) in [6, 6.07) is 0.898. The van der Waals surface area contributed by atoms with E-state index in [9.17, 15) is 0 Å². The number of aromatic nitrogens is 2. The standard InChI is InChI=1S/C12H21N3O/c1-8(2)15-5-6-16-7-11(15)12-9(3)13-14-10(12)4/h8,11H,5-7H2,1-4H3,(H,13,14). The molecule has 0 spiro atoms. The highest BCUT2D eigenvalue weighted by molar-refractivity contribution is 5.27. The second-order valence-corrected chi connectivity index (χ2v) is 4.77. The van der Waals surface area contributed by atoms with Crippen molar-refractivity contribution in [1.82, 2.24) is 15.1 Å². The molecule has 16 heavy (non-hydrogen) atoms. The summed E-state index contributed by atoms with van der Waals surface area (Å²) >= 11 is 0. The van der Waals surface area contributed by atoms with Crippen LogP contribution >= 0.6 is 0 Å². The van der Waals surface area contributed by atoms with Crippen molar-refractivity contribution < 1.29 is 4.74 Å². The molecule has 0 bridgehead atoms. The number of aromatic amines is 1. The molecule has 1 aliphatic rings. The Kier molecular flexibility index (Phi) is 3.30. The van der Waals surface area contributed by atoms with Crippen molar-refractivity contribution in [3.05, 3.63) is 17.0 Å². The maximum Gasteiger partial charge on any atom is 0.0665 e. The van der Waals surface area contributed by atoms with E-state index >= 15 is 0 Å². The third-order valence-electron chi connectivity index (χ3n) is 3.35. The molecular formula is C12H21N3O. The summed E-state index contributed by atoms with van der Waals surface area (Å²) in [7, 11) is 0. The van der Waals surface area contributed by atoms with E-state index in [0.717, 1.165) is 25.5 Å². The molecule has 0 aliphatic carbocycles. The van der Waals surface area contributed by atoms with Crippen LogP contribution in [0, 0.1) is 13.8 Å². The predicted molar refractivity (Wildman–Crippen MR) is 63.5 cm³/mol. The normalized spacial score (nSPS) is 22.9. The molecule has 2 heterocycles. The van der Waals surface area contributed by atoms with E-state index < -0.39 is 0 Å². The summed E-state index contributed by atoms with van der Waals surface area (Å²) in [6.07, 6.45) is 0. The summed E-state index contributed by atoms with van der Waals surface area (Å²) in [4.78, 5) is 2.49. The van der Waals surface area contributed by atoms with Gasteiger partial charge >= 0.3 is 0 Å². The van der Waals surface area contributed by atoms with Crippen LogP contribution in [0.2, 0.25) is 0 Å². The number of nitrogens with zero attached hydrogens (tertiary/aromatic N) is 2. The van der Waals surface area contributed by atoms with Crippen molar-refractivity contribution in [3.63, 3.8) is 0 Å². The quantitative estimate of drug-likeness (QED) is 0.831. The van der Waals surface area contributed by atoms with Crippen LogP contribution in [0.3, 0.4) is 0 Å². The fourth-order valence-corrected chi connectivity index (χ4v) is 2.53. The summed E-state index contributed by atoms with van der Waals surface area (Å²) in [5.74, 6) is 0.